The molecule has 0 unspecified atom stereocenters. The van der Waals surface area contributed by atoms with Crippen LogP contribution in [0.2, 0.25) is 0 Å². The summed E-state index contributed by atoms with van der Waals surface area (Å²) in [5.74, 6) is -0.229. The van der Waals surface area contributed by atoms with E-state index in [0.717, 1.165) is 18.7 Å². The number of hydrogen-bond donors (Lipinski definition) is 1. The first-order chi connectivity index (χ1) is 7.81. The molecule has 1 heterocycles. The van der Waals surface area contributed by atoms with Crippen molar-refractivity contribution in [1.29, 1.82) is 0 Å². The minimum Gasteiger partial charge on any atom is -0.394 e. The molecule has 0 amide bonds. The topological polar surface area (TPSA) is 23.5 Å². The zero-order chi connectivity index (χ0) is 11.4. The summed E-state index contributed by atoms with van der Waals surface area (Å²) in [7, 11) is 0. The molecule has 0 bridgehead atoms. The molecule has 0 spiro atoms. The van der Waals surface area contributed by atoms with Crippen LogP contribution in [0.25, 0.3) is 0 Å². The van der Waals surface area contributed by atoms with Crippen molar-refractivity contribution >= 4 is 0 Å². The molecule has 2 nitrogen and oxygen atoms in total. The standard InChI is InChI=1S/C13H18FNO/c14-12-6-4-5-11(9-12)13(10-16)15-7-2-1-3-8-15/h4-6,9,13,16H,1-3,7-8,10H2/t13-/m0/s1. The van der Waals surface area contributed by atoms with Gasteiger partial charge in [0.1, 0.15) is 5.82 Å². The van der Waals surface area contributed by atoms with Gasteiger partial charge in [-0.05, 0) is 43.6 Å². The van der Waals surface area contributed by atoms with Gasteiger partial charge in [-0.25, -0.2) is 4.39 Å². The van der Waals surface area contributed by atoms with E-state index in [1.807, 2.05) is 6.07 Å². The third-order valence-electron chi connectivity index (χ3n) is 3.24. The number of nitrogens with zero attached hydrogens (tertiary/aromatic N) is 1. The fourth-order valence-corrected chi connectivity index (χ4v) is 2.38. The molecule has 16 heavy (non-hydrogen) atoms. The number of hydrogen-bond acceptors (Lipinski definition) is 2. The summed E-state index contributed by atoms with van der Waals surface area (Å²) in [6.07, 6.45) is 3.61. The summed E-state index contributed by atoms with van der Waals surface area (Å²) >= 11 is 0. The van der Waals surface area contributed by atoms with Gasteiger partial charge in [-0.1, -0.05) is 18.6 Å². The van der Waals surface area contributed by atoms with Gasteiger partial charge >= 0.3 is 0 Å². The molecular formula is C13H18FNO. The van der Waals surface area contributed by atoms with Crippen LogP contribution in [-0.2, 0) is 0 Å². The number of aliphatic hydroxyl groups excluding tert-OH is 1. The highest BCUT2D eigenvalue weighted by Crippen LogP contribution is 2.24. The van der Waals surface area contributed by atoms with Crippen molar-refractivity contribution in [3.05, 3.63) is 35.6 Å². The molecule has 2 rings (SSSR count). The number of likely N-dealkylation sites (tertiary alicyclic amines) is 1. The van der Waals surface area contributed by atoms with E-state index in [-0.39, 0.29) is 18.5 Å². The zero-order valence-corrected chi connectivity index (χ0v) is 9.40. The average molecular weight is 223 g/mol. The Kier molecular flexibility index (Phi) is 3.91. The van der Waals surface area contributed by atoms with E-state index in [9.17, 15) is 9.50 Å². The Balaban J connectivity index is 2.14. The van der Waals surface area contributed by atoms with Crippen molar-refractivity contribution in [2.75, 3.05) is 19.7 Å². The van der Waals surface area contributed by atoms with Crippen LogP contribution >= 0.6 is 0 Å². The predicted octanol–water partition coefficient (Wildman–Crippen LogP) is 2.35. The Morgan fingerprint density at radius 2 is 2.00 bits per heavy atom. The van der Waals surface area contributed by atoms with E-state index in [0.29, 0.717) is 0 Å². The first kappa shape index (κ1) is 11.6. The smallest absolute Gasteiger partial charge is 0.123 e. The van der Waals surface area contributed by atoms with Gasteiger partial charge in [-0.15, -0.1) is 0 Å². The van der Waals surface area contributed by atoms with Crippen LogP contribution in [0.15, 0.2) is 24.3 Å². The van der Waals surface area contributed by atoms with Crippen LogP contribution in [0.1, 0.15) is 30.9 Å². The summed E-state index contributed by atoms with van der Waals surface area (Å²) in [5.41, 5.74) is 0.879. The Hall–Kier alpha value is -0.930. The van der Waals surface area contributed by atoms with Crippen LogP contribution in [0.4, 0.5) is 4.39 Å². The van der Waals surface area contributed by atoms with Gasteiger partial charge in [0.05, 0.1) is 12.6 Å². The van der Waals surface area contributed by atoms with E-state index < -0.39 is 0 Å². The van der Waals surface area contributed by atoms with Crippen LogP contribution in [0.3, 0.4) is 0 Å². The van der Waals surface area contributed by atoms with E-state index in [1.165, 1.54) is 31.4 Å². The van der Waals surface area contributed by atoms with Gasteiger partial charge in [-0.2, -0.15) is 0 Å². The second kappa shape index (κ2) is 5.41. The van der Waals surface area contributed by atoms with Gasteiger partial charge < -0.3 is 5.11 Å². The highest BCUT2D eigenvalue weighted by atomic mass is 19.1. The highest BCUT2D eigenvalue weighted by molar-refractivity contribution is 5.20. The van der Waals surface area contributed by atoms with Crippen molar-refractivity contribution < 1.29 is 9.50 Å². The lowest BCUT2D eigenvalue weighted by molar-refractivity contribution is 0.104. The first-order valence-electron chi connectivity index (χ1n) is 5.91. The van der Waals surface area contributed by atoms with E-state index >= 15 is 0 Å². The second-order valence-electron chi connectivity index (χ2n) is 4.35. The fraction of sp³-hybridized carbons (Fsp3) is 0.538. The Morgan fingerprint density at radius 1 is 1.25 bits per heavy atom. The van der Waals surface area contributed by atoms with Crippen molar-refractivity contribution in [2.45, 2.75) is 25.3 Å². The van der Waals surface area contributed by atoms with Crippen molar-refractivity contribution in [3.8, 4) is 0 Å². The van der Waals surface area contributed by atoms with Crippen LogP contribution in [-0.4, -0.2) is 29.7 Å². The fourth-order valence-electron chi connectivity index (χ4n) is 2.38. The predicted molar refractivity (Wildman–Crippen MR) is 61.7 cm³/mol. The Labute approximate surface area is 95.7 Å². The first-order valence-corrected chi connectivity index (χ1v) is 5.91. The van der Waals surface area contributed by atoms with Gasteiger partial charge in [0, 0.05) is 0 Å². The van der Waals surface area contributed by atoms with E-state index in [4.69, 9.17) is 0 Å². The third-order valence-corrected chi connectivity index (χ3v) is 3.24. The number of rotatable bonds is 3. The third kappa shape index (κ3) is 2.60. The minimum atomic E-state index is -0.229. The number of aliphatic hydroxyl groups is 1. The molecule has 88 valence electrons. The number of piperidine rings is 1. The molecule has 1 aromatic rings. The van der Waals surface area contributed by atoms with Gasteiger partial charge in [-0.3, -0.25) is 4.90 Å². The molecule has 1 N–H and O–H groups in total. The maximum absolute atomic E-state index is 13.1. The van der Waals surface area contributed by atoms with Gasteiger partial charge in [0.15, 0.2) is 0 Å². The van der Waals surface area contributed by atoms with Crippen molar-refractivity contribution in [2.24, 2.45) is 0 Å². The largest absolute Gasteiger partial charge is 0.394 e. The maximum Gasteiger partial charge on any atom is 0.123 e. The molecule has 1 fully saturated rings. The quantitative estimate of drug-likeness (QED) is 0.850. The summed E-state index contributed by atoms with van der Waals surface area (Å²) in [6.45, 7) is 2.06. The molecule has 1 saturated heterocycles. The molecule has 1 atom stereocenters. The van der Waals surface area contributed by atoms with Crippen LogP contribution in [0, 0.1) is 5.82 Å². The average Bonchev–Trinajstić information content (AvgIpc) is 2.31. The molecular weight excluding hydrogens is 205 g/mol. The van der Waals surface area contributed by atoms with Crippen molar-refractivity contribution in [3.63, 3.8) is 0 Å². The van der Waals surface area contributed by atoms with Crippen LogP contribution in [0.5, 0.6) is 0 Å². The van der Waals surface area contributed by atoms with Gasteiger partial charge in [0.2, 0.25) is 0 Å². The maximum atomic E-state index is 13.1. The zero-order valence-electron chi connectivity index (χ0n) is 9.40. The SMILES string of the molecule is OC[C@@H](c1cccc(F)c1)N1CCCCC1. The summed E-state index contributed by atoms with van der Waals surface area (Å²) in [5, 5.41) is 9.46. The number of halogens is 1. The summed E-state index contributed by atoms with van der Waals surface area (Å²) in [6, 6.07) is 6.51. The molecule has 0 aromatic heterocycles. The lowest BCUT2D eigenvalue weighted by atomic mass is 10.0. The lowest BCUT2D eigenvalue weighted by Crippen LogP contribution is -2.35. The summed E-state index contributed by atoms with van der Waals surface area (Å²) in [4.78, 5) is 2.25. The molecule has 1 aromatic carbocycles. The minimum absolute atomic E-state index is 0.0454. The normalized spacial score (nSPS) is 19.6. The second-order valence-corrected chi connectivity index (χ2v) is 4.35. The molecule has 0 aliphatic carbocycles. The molecule has 1 aliphatic rings. The molecule has 3 heteroatoms. The number of benzene rings is 1. The Bertz CT molecular complexity index is 336. The van der Waals surface area contributed by atoms with E-state index in [1.54, 1.807) is 6.07 Å². The van der Waals surface area contributed by atoms with E-state index in [2.05, 4.69) is 4.90 Å². The molecule has 0 saturated carbocycles. The lowest BCUT2D eigenvalue weighted by Gasteiger charge is -2.33. The highest BCUT2D eigenvalue weighted by Gasteiger charge is 2.21. The van der Waals surface area contributed by atoms with Crippen molar-refractivity contribution in [1.82, 2.24) is 4.90 Å². The Morgan fingerprint density at radius 3 is 2.62 bits per heavy atom. The monoisotopic (exact) mass is 223 g/mol. The van der Waals surface area contributed by atoms with Crippen LogP contribution < -0.4 is 0 Å². The molecule has 1 aliphatic heterocycles. The van der Waals surface area contributed by atoms with Gasteiger partial charge in [0.25, 0.3) is 0 Å². The molecule has 0 radical (unpaired) electrons. The summed E-state index contributed by atoms with van der Waals surface area (Å²) < 4.78 is 13.1.